The molecule has 3 heterocycles. The Bertz CT molecular complexity index is 539. The van der Waals surface area contributed by atoms with Crippen molar-refractivity contribution in [3.63, 3.8) is 0 Å². The number of fused-ring (bicyclic) bond motifs is 2. The maximum absolute atomic E-state index is 12.1. The van der Waals surface area contributed by atoms with Gasteiger partial charge >= 0.3 is 0 Å². The number of ether oxygens (including phenoxy) is 1. The Morgan fingerprint density at radius 3 is 2.89 bits per heavy atom. The summed E-state index contributed by atoms with van der Waals surface area (Å²) in [6.07, 6.45) is 4.32. The molecule has 2 bridgehead atoms. The molecule has 0 radical (unpaired) electrons. The molecule has 0 amide bonds. The van der Waals surface area contributed by atoms with Crippen molar-refractivity contribution in [1.82, 2.24) is 9.71 Å². The molecule has 3 atom stereocenters. The normalized spacial score (nSPS) is 31.1. The van der Waals surface area contributed by atoms with E-state index in [-0.39, 0.29) is 29.8 Å². The van der Waals surface area contributed by atoms with Crippen LogP contribution in [0.1, 0.15) is 25.0 Å². The number of rotatable bonds is 4. The Morgan fingerprint density at radius 2 is 2.33 bits per heavy atom. The number of nitrogens with one attached hydrogen (secondary N) is 2. The molecule has 3 N–H and O–H groups in total. The van der Waals surface area contributed by atoms with Crippen LogP contribution in [0.4, 0.5) is 0 Å². The minimum atomic E-state index is -3.53. The third-order valence-electron chi connectivity index (χ3n) is 3.61. The second-order valence-corrected chi connectivity index (χ2v) is 6.57. The lowest BCUT2D eigenvalue weighted by atomic mass is 9.96. The van der Waals surface area contributed by atoms with Gasteiger partial charge in [-0.25, -0.2) is 13.1 Å². The van der Waals surface area contributed by atoms with Gasteiger partial charge in [-0.15, -0.1) is 0 Å². The maximum atomic E-state index is 12.1. The van der Waals surface area contributed by atoms with Gasteiger partial charge < -0.3 is 14.8 Å². The van der Waals surface area contributed by atoms with E-state index in [2.05, 4.69) is 9.71 Å². The van der Waals surface area contributed by atoms with Gasteiger partial charge in [0.15, 0.2) is 0 Å². The smallest absolute Gasteiger partial charge is 0.242 e. The molecule has 18 heavy (non-hydrogen) atoms. The van der Waals surface area contributed by atoms with E-state index in [9.17, 15) is 8.42 Å². The van der Waals surface area contributed by atoms with E-state index in [0.717, 1.165) is 19.3 Å². The van der Waals surface area contributed by atoms with Crippen LogP contribution in [0.25, 0.3) is 0 Å². The molecule has 0 aliphatic carbocycles. The fourth-order valence-corrected chi connectivity index (χ4v) is 3.99. The van der Waals surface area contributed by atoms with Crippen LogP contribution < -0.4 is 4.72 Å². The molecule has 100 valence electrons. The van der Waals surface area contributed by atoms with Gasteiger partial charge in [-0.2, -0.15) is 0 Å². The largest absolute Gasteiger partial charge is 0.390 e. The number of aromatic nitrogens is 1. The van der Waals surface area contributed by atoms with E-state index in [1.165, 1.54) is 12.3 Å². The van der Waals surface area contributed by atoms with E-state index in [1.54, 1.807) is 0 Å². The molecule has 2 aliphatic rings. The topological polar surface area (TPSA) is 91.4 Å². The minimum Gasteiger partial charge on any atom is -0.390 e. The Kier molecular flexibility index (Phi) is 2.93. The quantitative estimate of drug-likeness (QED) is 0.725. The molecular weight excluding hydrogens is 256 g/mol. The van der Waals surface area contributed by atoms with Crippen molar-refractivity contribution in [3.8, 4) is 0 Å². The van der Waals surface area contributed by atoms with Gasteiger partial charge in [-0.1, -0.05) is 0 Å². The molecule has 2 fully saturated rings. The molecular formula is C11H16N2O4S. The van der Waals surface area contributed by atoms with Crippen molar-refractivity contribution in [2.45, 2.75) is 49.0 Å². The predicted molar refractivity (Wildman–Crippen MR) is 63.3 cm³/mol. The highest BCUT2D eigenvalue weighted by Gasteiger charge is 2.42. The third kappa shape index (κ3) is 2.07. The summed E-state index contributed by atoms with van der Waals surface area (Å²) in [5.41, 5.74) is 0.486. The highest BCUT2D eigenvalue weighted by Crippen LogP contribution is 2.35. The lowest BCUT2D eigenvalue weighted by Gasteiger charge is -2.19. The lowest BCUT2D eigenvalue weighted by molar-refractivity contribution is 0.0996. The Balaban J connectivity index is 1.75. The van der Waals surface area contributed by atoms with Crippen LogP contribution in [0.5, 0.6) is 0 Å². The molecule has 1 aromatic rings. The van der Waals surface area contributed by atoms with Crippen molar-refractivity contribution in [2.75, 3.05) is 0 Å². The van der Waals surface area contributed by atoms with E-state index < -0.39 is 10.0 Å². The number of hydrogen-bond acceptors (Lipinski definition) is 4. The molecule has 2 aliphatic heterocycles. The van der Waals surface area contributed by atoms with Gasteiger partial charge in [0, 0.05) is 11.9 Å². The molecule has 3 rings (SSSR count). The van der Waals surface area contributed by atoms with Gasteiger partial charge in [-0.3, -0.25) is 0 Å². The molecule has 2 saturated heterocycles. The first-order chi connectivity index (χ1) is 8.58. The van der Waals surface area contributed by atoms with Crippen LogP contribution in [-0.2, 0) is 21.4 Å². The van der Waals surface area contributed by atoms with Gasteiger partial charge in [0.1, 0.15) is 0 Å². The molecule has 7 heteroatoms. The van der Waals surface area contributed by atoms with Crippen LogP contribution in [0, 0.1) is 0 Å². The monoisotopic (exact) mass is 272 g/mol. The average molecular weight is 272 g/mol. The van der Waals surface area contributed by atoms with Gasteiger partial charge in [0.2, 0.25) is 10.0 Å². The fraction of sp³-hybridized carbons (Fsp3) is 0.636. The summed E-state index contributed by atoms with van der Waals surface area (Å²) in [5.74, 6) is 0. The van der Waals surface area contributed by atoms with Crippen LogP contribution in [-0.4, -0.2) is 36.8 Å². The van der Waals surface area contributed by atoms with Crippen molar-refractivity contribution in [2.24, 2.45) is 0 Å². The van der Waals surface area contributed by atoms with Crippen molar-refractivity contribution >= 4 is 10.0 Å². The molecule has 0 aromatic carbocycles. The van der Waals surface area contributed by atoms with Crippen LogP contribution in [0.3, 0.4) is 0 Å². The summed E-state index contributed by atoms with van der Waals surface area (Å²) in [4.78, 5) is 2.88. The second-order valence-electron chi connectivity index (χ2n) is 4.86. The molecule has 1 aromatic heterocycles. The number of aliphatic hydroxyl groups excluding tert-OH is 1. The van der Waals surface area contributed by atoms with Gasteiger partial charge in [0.05, 0.1) is 29.8 Å². The van der Waals surface area contributed by atoms with Crippen LogP contribution in [0.2, 0.25) is 0 Å². The molecule has 0 saturated carbocycles. The van der Waals surface area contributed by atoms with Crippen molar-refractivity contribution in [1.29, 1.82) is 0 Å². The van der Waals surface area contributed by atoms with Crippen LogP contribution >= 0.6 is 0 Å². The Labute approximate surface area is 105 Å². The zero-order chi connectivity index (χ0) is 12.8. The number of H-pyrrole nitrogens is 1. The fourth-order valence-electron chi connectivity index (χ4n) is 2.69. The number of sulfonamides is 1. The summed E-state index contributed by atoms with van der Waals surface area (Å²) in [6, 6.07) is 1.32. The summed E-state index contributed by atoms with van der Waals surface area (Å²) in [6.45, 7) is -0.202. The summed E-state index contributed by atoms with van der Waals surface area (Å²) >= 11 is 0. The summed E-state index contributed by atoms with van der Waals surface area (Å²) in [7, 11) is -3.53. The van der Waals surface area contributed by atoms with Crippen LogP contribution in [0.15, 0.2) is 17.2 Å². The first-order valence-electron chi connectivity index (χ1n) is 6.04. The van der Waals surface area contributed by atoms with Gasteiger partial charge in [0.25, 0.3) is 0 Å². The minimum absolute atomic E-state index is 0.0148. The maximum Gasteiger partial charge on any atom is 0.242 e. The van der Waals surface area contributed by atoms with Crippen molar-refractivity contribution < 1.29 is 18.3 Å². The number of aromatic amines is 1. The van der Waals surface area contributed by atoms with Gasteiger partial charge in [-0.05, 0) is 25.3 Å². The number of aliphatic hydroxyl groups is 1. The zero-order valence-electron chi connectivity index (χ0n) is 9.80. The standard InChI is InChI=1S/C11H16N2O4S/c14-6-7-3-9(5-12-7)18(15,16)13-10-4-8-1-2-11(10)17-8/h3,5,8,10-14H,1-2,4,6H2. The first-order valence-corrected chi connectivity index (χ1v) is 7.53. The number of hydrogen-bond donors (Lipinski definition) is 3. The lowest BCUT2D eigenvalue weighted by Crippen LogP contribution is -2.41. The zero-order valence-corrected chi connectivity index (χ0v) is 10.6. The van der Waals surface area contributed by atoms with E-state index in [1.807, 2.05) is 0 Å². The SMILES string of the molecule is O=S(=O)(NC1CC2CCC1O2)c1c[nH]c(CO)c1. The molecule has 0 spiro atoms. The van der Waals surface area contributed by atoms with E-state index in [4.69, 9.17) is 9.84 Å². The van der Waals surface area contributed by atoms with E-state index in [0.29, 0.717) is 5.69 Å². The average Bonchev–Trinajstić information content (AvgIpc) is 3.04. The molecule has 3 unspecified atom stereocenters. The Hall–Kier alpha value is -0.890. The Morgan fingerprint density at radius 1 is 1.50 bits per heavy atom. The third-order valence-corrected chi connectivity index (χ3v) is 5.08. The molecule has 6 nitrogen and oxygen atoms in total. The second kappa shape index (κ2) is 4.34. The summed E-state index contributed by atoms with van der Waals surface area (Å²) in [5, 5.41) is 8.92. The van der Waals surface area contributed by atoms with E-state index >= 15 is 0 Å². The highest BCUT2D eigenvalue weighted by molar-refractivity contribution is 7.89. The van der Waals surface area contributed by atoms with Crippen molar-refractivity contribution in [3.05, 3.63) is 18.0 Å². The highest BCUT2D eigenvalue weighted by atomic mass is 32.2. The first kappa shape index (κ1) is 12.2. The predicted octanol–water partition coefficient (Wildman–Crippen LogP) is 0.105. The summed E-state index contributed by atoms with van der Waals surface area (Å²) < 4.78 is 32.6.